The SMILES string of the molecule is CCc1cc(Br)ccc1NC(=O)[C@H]1CC(=O)N([C@H](C)c2ccccc2)C1. The molecule has 3 rings (SSSR count). The Morgan fingerprint density at radius 2 is 2.00 bits per heavy atom. The molecule has 1 N–H and O–H groups in total. The Morgan fingerprint density at radius 1 is 1.27 bits per heavy atom. The highest BCUT2D eigenvalue weighted by Gasteiger charge is 2.37. The molecule has 4 nitrogen and oxygen atoms in total. The molecule has 1 heterocycles. The number of nitrogens with one attached hydrogen (secondary N) is 1. The molecule has 2 atom stereocenters. The molecule has 2 amide bonds. The number of nitrogens with zero attached hydrogens (tertiary/aromatic N) is 1. The van der Waals surface area contributed by atoms with Crippen molar-refractivity contribution in [2.45, 2.75) is 32.7 Å². The van der Waals surface area contributed by atoms with E-state index in [1.54, 1.807) is 0 Å². The number of aryl methyl sites for hydroxylation is 1. The summed E-state index contributed by atoms with van der Waals surface area (Å²) in [5, 5.41) is 3.01. The number of anilines is 1. The van der Waals surface area contributed by atoms with Gasteiger partial charge in [-0.1, -0.05) is 53.2 Å². The lowest BCUT2D eigenvalue weighted by molar-refractivity contribution is -0.129. The maximum atomic E-state index is 12.7. The summed E-state index contributed by atoms with van der Waals surface area (Å²) < 4.78 is 0.992. The zero-order chi connectivity index (χ0) is 18.7. The van der Waals surface area contributed by atoms with Gasteiger partial charge in [-0.2, -0.15) is 0 Å². The Balaban J connectivity index is 1.69. The lowest BCUT2D eigenvalue weighted by Crippen LogP contribution is -2.30. The highest BCUT2D eigenvalue weighted by molar-refractivity contribution is 9.10. The minimum absolute atomic E-state index is 0.0274. The molecular weight excluding hydrogens is 392 g/mol. The van der Waals surface area contributed by atoms with Gasteiger partial charge in [-0.15, -0.1) is 0 Å². The maximum Gasteiger partial charge on any atom is 0.229 e. The first kappa shape index (κ1) is 18.6. The van der Waals surface area contributed by atoms with Gasteiger partial charge in [0.15, 0.2) is 0 Å². The van der Waals surface area contributed by atoms with Gasteiger partial charge in [0, 0.05) is 23.1 Å². The molecule has 0 radical (unpaired) electrons. The molecule has 0 bridgehead atoms. The second-order valence-corrected chi connectivity index (χ2v) is 7.59. The van der Waals surface area contributed by atoms with Crippen LogP contribution in [0.15, 0.2) is 53.0 Å². The van der Waals surface area contributed by atoms with Crippen LogP contribution in [0, 0.1) is 5.92 Å². The fourth-order valence-electron chi connectivity index (χ4n) is 3.40. The fourth-order valence-corrected chi connectivity index (χ4v) is 3.81. The van der Waals surface area contributed by atoms with Crippen LogP contribution in [0.25, 0.3) is 0 Å². The molecule has 0 spiro atoms. The van der Waals surface area contributed by atoms with Crippen LogP contribution in [-0.2, 0) is 16.0 Å². The van der Waals surface area contributed by atoms with Crippen molar-refractivity contribution in [1.82, 2.24) is 4.90 Å². The first-order valence-corrected chi connectivity index (χ1v) is 9.72. The van der Waals surface area contributed by atoms with Crippen molar-refractivity contribution < 1.29 is 9.59 Å². The second-order valence-electron chi connectivity index (χ2n) is 6.68. The number of hydrogen-bond donors (Lipinski definition) is 1. The summed E-state index contributed by atoms with van der Waals surface area (Å²) in [5.41, 5.74) is 2.98. The van der Waals surface area contributed by atoms with Crippen molar-refractivity contribution >= 4 is 33.4 Å². The average molecular weight is 415 g/mol. The Morgan fingerprint density at radius 3 is 2.69 bits per heavy atom. The lowest BCUT2D eigenvalue weighted by Gasteiger charge is -2.25. The molecule has 136 valence electrons. The molecule has 5 heteroatoms. The molecule has 0 aromatic heterocycles. The zero-order valence-corrected chi connectivity index (χ0v) is 16.6. The average Bonchev–Trinajstić information content (AvgIpc) is 3.05. The van der Waals surface area contributed by atoms with Crippen molar-refractivity contribution in [1.29, 1.82) is 0 Å². The molecule has 26 heavy (non-hydrogen) atoms. The summed E-state index contributed by atoms with van der Waals surface area (Å²) in [6.07, 6.45) is 1.09. The van der Waals surface area contributed by atoms with E-state index in [0.717, 1.165) is 27.7 Å². The Kier molecular flexibility index (Phi) is 5.77. The van der Waals surface area contributed by atoms with Gasteiger partial charge in [0.2, 0.25) is 11.8 Å². The fraction of sp³-hybridized carbons (Fsp3) is 0.333. The number of likely N-dealkylation sites (tertiary alicyclic amines) is 1. The van der Waals surface area contributed by atoms with Crippen molar-refractivity contribution in [2.24, 2.45) is 5.92 Å². The van der Waals surface area contributed by atoms with Crippen LogP contribution in [0.4, 0.5) is 5.69 Å². The van der Waals surface area contributed by atoms with Crippen molar-refractivity contribution in [3.63, 3.8) is 0 Å². The monoisotopic (exact) mass is 414 g/mol. The third-order valence-corrected chi connectivity index (χ3v) is 5.48. The molecule has 1 saturated heterocycles. The normalized spacial score (nSPS) is 18.0. The summed E-state index contributed by atoms with van der Waals surface area (Å²) in [6, 6.07) is 15.7. The Labute approximate surface area is 162 Å². The largest absolute Gasteiger partial charge is 0.335 e. The van der Waals surface area contributed by atoms with Gasteiger partial charge >= 0.3 is 0 Å². The third kappa shape index (κ3) is 3.98. The number of halogens is 1. The molecule has 0 saturated carbocycles. The molecule has 0 unspecified atom stereocenters. The highest BCUT2D eigenvalue weighted by atomic mass is 79.9. The summed E-state index contributed by atoms with van der Waals surface area (Å²) in [5.74, 6) is -0.367. The van der Waals surface area contributed by atoms with E-state index in [4.69, 9.17) is 0 Å². The van der Waals surface area contributed by atoms with E-state index in [-0.39, 0.29) is 30.2 Å². The minimum atomic E-state index is -0.318. The third-order valence-electron chi connectivity index (χ3n) is 4.98. The number of hydrogen-bond acceptors (Lipinski definition) is 2. The van der Waals surface area contributed by atoms with Crippen molar-refractivity contribution in [3.05, 3.63) is 64.1 Å². The van der Waals surface area contributed by atoms with E-state index in [1.165, 1.54) is 0 Å². The van der Waals surface area contributed by atoms with E-state index in [9.17, 15) is 9.59 Å². The number of carbonyl (C=O) groups excluding carboxylic acids is 2. The Hall–Kier alpha value is -2.14. The second kappa shape index (κ2) is 8.04. The van der Waals surface area contributed by atoms with Crippen molar-refractivity contribution in [2.75, 3.05) is 11.9 Å². The van der Waals surface area contributed by atoms with Crippen LogP contribution < -0.4 is 5.32 Å². The Bertz CT molecular complexity index is 807. The van der Waals surface area contributed by atoms with Gasteiger partial charge < -0.3 is 10.2 Å². The van der Waals surface area contributed by atoms with Crippen LogP contribution in [0.5, 0.6) is 0 Å². The number of amides is 2. The van der Waals surface area contributed by atoms with E-state index < -0.39 is 0 Å². The zero-order valence-electron chi connectivity index (χ0n) is 15.0. The number of benzene rings is 2. The van der Waals surface area contributed by atoms with Gasteiger partial charge in [-0.05, 0) is 42.7 Å². The molecule has 2 aromatic carbocycles. The predicted molar refractivity (Wildman–Crippen MR) is 107 cm³/mol. The van der Waals surface area contributed by atoms with Crippen LogP contribution >= 0.6 is 15.9 Å². The van der Waals surface area contributed by atoms with E-state index >= 15 is 0 Å². The van der Waals surface area contributed by atoms with Gasteiger partial charge in [0.05, 0.1) is 12.0 Å². The van der Waals surface area contributed by atoms with Crippen molar-refractivity contribution in [3.8, 4) is 0 Å². The summed E-state index contributed by atoms with van der Waals surface area (Å²) >= 11 is 3.46. The number of carbonyl (C=O) groups is 2. The maximum absolute atomic E-state index is 12.7. The van der Waals surface area contributed by atoms with Gasteiger partial charge in [0.25, 0.3) is 0 Å². The lowest BCUT2D eigenvalue weighted by atomic mass is 10.1. The van der Waals surface area contributed by atoms with Gasteiger partial charge in [0.1, 0.15) is 0 Å². The van der Waals surface area contributed by atoms with E-state index in [2.05, 4.69) is 28.2 Å². The first-order chi connectivity index (χ1) is 12.5. The molecule has 1 aliphatic rings. The minimum Gasteiger partial charge on any atom is -0.335 e. The molecule has 1 fully saturated rings. The number of rotatable bonds is 5. The van der Waals surface area contributed by atoms with E-state index in [1.807, 2.05) is 60.4 Å². The highest BCUT2D eigenvalue weighted by Crippen LogP contribution is 2.30. The summed E-state index contributed by atoms with van der Waals surface area (Å²) in [4.78, 5) is 27.0. The smallest absolute Gasteiger partial charge is 0.229 e. The topological polar surface area (TPSA) is 49.4 Å². The predicted octanol–water partition coefficient (Wildman–Crippen LogP) is 4.56. The van der Waals surface area contributed by atoms with Crippen LogP contribution in [-0.4, -0.2) is 23.3 Å². The molecule has 2 aromatic rings. The molecular formula is C21H23BrN2O2. The quantitative estimate of drug-likeness (QED) is 0.779. The summed E-state index contributed by atoms with van der Waals surface area (Å²) in [6.45, 7) is 4.52. The van der Waals surface area contributed by atoms with Gasteiger partial charge in [-0.25, -0.2) is 0 Å². The van der Waals surface area contributed by atoms with Gasteiger partial charge in [-0.3, -0.25) is 9.59 Å². The standard InChI is InChI=1S/C21H23BrN2O2/c1-3-15-11-18(22)9-10-19(15)23-21(26)17-12-20(25)24(13-17)14(2)16-7-5-4-6-8-16/h4-11,14,17H,3,12-13H2,1-2H3,(H,23,26)/t14-,17+/m1/s1. The van der Waals surface area contributed by atoms with Crippen LogP contribution in [0.3, 0.4) is 0 Å². The molecule has 1 aliphatic heterocycles. The van der Waals surface area contributed by atoms with Crippen LogP contribution in [0.1, 0.15) is 37.4 Å². The first-order valence-electron chi connectivity index (χ1n) is 8.93. The van der Waals surface area contributed by atoms with Crippen LogP contribution in [0.2, 0.25) is 0 Å². The molecule has 0 aliphatic carbocycles. The summed E-state index contributed by atoms with van der Waals surface area (Å²) in [7, 11) is 0. The van der Waals surface area contributed by atoms with E-state index in [0.29, 0.717) is 6.54 Å².